The molecule has 0 spiro atoms. The maximum atomic E-state index is 5.80. The Kier molecular flexibility index (Phi) is 3.58. The Labute approximate surface area is 108 Å². The van der Waals surface area contributed by atoms with Crippen molar-refractivity contribution < 1.29 is 4.74 Å². The summed E-state index contributed by atoms with van der Waals surface area (Å²) >= 11 is 3.23. The van der Waals surface area contributed by atoms with Gasteiger partial charge >= 0.3 is 0 Å². The summed E-state index contributed by atoms with van der Waals surface area (Å²) in [6, 6.07) is 7.81. The van der Waals surface area contributed by atoms with Crippen LogP contribution in [0.2, 0.25) is 0 Å². The van der Waals surface area contributed by atoms with E-state index in [0.717, 1.165) is 17.0 Å². The number of aromatic nitrogens is 2. The minimum atomic E-state index is 0.454. The standard InChI is InChI=1S/C12H12BrN3O/c1-17-9-4-2-8(3-5-9)6-10-12(14)16-11(13)7-15-10/h2-5,7H,6H2,1H3,(H2,14,16). The Morgan fingerprint density at radius 2 is 2.00 bits per heavy atom. The van der Waals surface area contributed by atoms with E-state index in [0.29, 0.717) is 16.8 Å². The first kappa shape index (κ1) is 11.9. The highest BCUT2D eigenvalue weighted by Crippen LogP contribution is 2.17. The lowest BCUT2D eigenvalue weighted by molar-refractivity contribution is 0.414. The first-order valence-electron chi connectivity index (χ1n) is 5.09. The molecule has 1 aromatic carbocycles. The molecule has 0 saturated carbocycles. The van der Waals surface area contributed by atoms with Crippen LogP contribution < -0.4 is 10.5 Å². The van der Waals surface area contributed by atoms with Crippen molar-refractivity contribution in [3.05, 3.63) is 46.3 Å². The van der Waals surface area contributed by atoms with Gasteiger partial charge in [0.1, 0.15) is 16.2 Å². The number of hydrogen-bond donors (Lipinski definition) is 1. The summed E-state index contributed by atoms with van der Waals surface area (Å²) in [5, 5.41) is 0. The SMILES string of the molecule is COc1ccc(Cc2ncc(Br)nc2N)cc1. The van der Waals surface area contributed by atoms with Gasteiger partial charge in [0.05, 0.1) is 19.0 Å². The van der Waals surface area contributed by atoms with E-state index in [2.05, 4.69) is 25.9 Å². The smallest absolute Gasteiger partial charge is 0.146 e. The molecule has 1 aromatic heterocycles. The Hall–Kier alpha value is -1.62. The van der Waals surface area contributed by atoms with Gasteiger partial charge in [-0.25, -0.2) is 4.98 Å². The van der Waals surface area contributed by atoms with Gasteiger partial charge in [0, 0.05) is 6.42 Å². The molecule has 0 aliphatic heterocycles. The van der Waals surface area contributed by atoms with Crippen molar-refractivity contribution in [1.29, 1.82) is 0 Å². The maximum absolute atomic E-state index is 5.80. The molecule has 0 radical (unpaired) electrons. The zero-order valence-corrected chi connectivity index (χ0v) is 10.9. The quantitative estimate of drug-likeness (QED) is 0.944. The lowest BCUT2D eigenvalue weighted by Crippen LogP contribution is -2.02. The van der Waals surface area contributed by atoms with E-state index in [1.807, 2.05) is 24.3 Å². The second-order valence-electron chi connectivity index (χ2n) is 3.55. The molecule has 0 fully saturated rings. The molecule has 0 aliphatic rings. The number of rotatable bonds is 3. The van der Waals surface area contributed by atoms with E-state index < -0.39 is 0 Å². The number of ether oxygens (including phenoxy) is 1. The van der Waals surface area contributed by atoms with Crippen LogP contribution in [0.15, 0.2) is 35.1 Å². The van der Waals surface area contributed by atoms with Crippen molar-refractivity contribution in [3.8, 4) is 5.75 Å². The monoisotopic (exact) mass is 293 g/mol. The summed E-state index contributed by atoms with van der Waals surface area (Å²) < 4.78 is 5.75. The van der Waals surface area contributed by atoms with Crippen molar-refractivity contribution in [2.24, 2.45) is 0 Å². The molecule has 0 bridgehead atoms. The topological polar surface area (TPSA) is 61.0 Å². The average molecular weight is 294 g/mol. The van der Waals surface area contributed by atoms with Gasteiger partial charge in [-0.05, 0) is 33.6 Å². The highest BCUT2D eigenvalue weighted by Gasteiger charge is 2.04. The van der Waals surface area contributed by atoms with Crippen molar-refractivity contribution in [2.45, 2.75) is 6.42 Å². The van der Waals surface area contributed by atoms with E-state index >= 15 is 0 Å². The van der Waals surface area contributed by atoms with Gasteiger partial charge in [0.25, 0.3) is 0 Å². The fourth-order valence-corrected chi connectivity index (χ4v) is 1.77. The van der Waals surface area contributed by atoms with Gasteiger partial charge < -0.3 is 10.5 Å². The van der Waals surface area contributed by atoms with Crippen molar-refractivity contribution in [2.75, 3.05) is 12.8 Å². The second kappa shape index (κ2) is 5.14. The predicted octanol–water partition coefficient (Wildman–Crippen LogP) is 2.42. The first-order valence-corrected chi connectivity index (χ1v) is 5.88. The minimum Gasteiger partial charge on any atom is -0.497 e. The lowest BCUT2D eigenvalue weighted by Gasteiger charge is -2.05. The Bertz CT molecular complexity index is 514. The molecule has 5 heteroatoms. The summed E-state index contributed by atoms with van der Waals surface area (Å²) in [6.07, 6.45) is 2.31. The molecule has 0 atom stereocenters. The van der Waals surface area contributed by atoms with Crippen molar-refractivity contribution in [1.82, 2.24) is 9.97 Å². The van der Waals surface area contributed by atoms with Crippen LogP contribution in [-0.2, 0) is 6.42 Å². The first-order chi connectivity index (χ1) is 8.19. The van der Waals surface area contributed by atoms with Gasteiger partial charge in [-0.3, -0.25) is 4.98 Å². The summed E-state index contributed by atoms with van der Waals surface area (Å²) in [5.74, 6) is 1.29. The summed E-state index contributed by atoms with van der Waals surface area (Å²) in [7, 11) is 1.65. The van der Waals surface area contributed by atoms with Gasteiger partial charge in [0.2, 0.25) is 0 Å². The molecule has 2 rings (SSSR count). The second-order valence-corrected chi connectivity index (χ2v) is 4.36. The van der Waals surface area contributed by atoms with E-state index in [1.54, 1.807) is 13.3 Å². The van der Waals surface area contributed by atoms with Crippen LogP contribution in [-0.4, -0.2) is 17.1 Å². The predicted molar refractivity (Wildman–Crippen MR) is 69.9 cm³/mol. The largest absolute Gasteiger partial charge is 0.497 e. The van der Waals surface area contributed by atoms with Crippen LogP contribution in [0.5, 0.6) is 5.75 Å². The third kappa shape index (κ3) is 2.94. The molecule has 2 aromatic rings. The van der Waals surface area contributed by atoms with Crippen LogP contribution in [0.1, 0.15) is 11.3 Å². The molecule has 0 amide bonds. The lowest BCUT2D eigenvalue weighted by atomic mass is 10.1. The van der Waals surface area contributed by atoms with E-state index in [-0.39, 0.29) is 0 Å². The average Bonchev–Trinajstić information content (AvgIpc) is 2.34. The number of nitrogens with two attached hydrogens (primary N) is 1. The zero-order chi connectivity index (χ0) is 12.3. The molecule has 1 heterocycles. The third-order valence-electron chi connectivity index (χ3n) is 2.38. The molecule has 0 unspecified atom stereocenters. The number of benzene rings is 1. The van der Waals surface area contributed by atoms with Gasteiger partial charge in [-0.15, -0.1) is 0 Å². The Morgan fingerprint density at radius 3 is 2.59 bits per heavy atom. The van der Waals surface area contributed by atoms with Gasteiger partial charge in [-0.1, -0.05) is 12.1 Å². The summed E-state index contributed by atoms with van der Waals surface area (Å²) in [4.78, 5) is 8.36. The highest BCUT2D eigenvalue weighted by atomic mass is 79.9. The molecule has 0 saturated heterocycles. The maximum Gasteiger partial charge on any atom is 0.146 e. The number of nitrogens with zero attached hydrogens (tertiary/aromatic N) is 2. The van der Waals surface area contributed by atoms with Crippen LogP contribution in [0.25, 0.3) is 0 Å². The number of methoxy groups -OCH3 is 1. The van der Waals surface area contributed by atoms with Gasteiger partial charge in [0.15, 0.2) is 0 Å². The summed E-state index contributed by atoms with van der Waals surface area (Å²) in [5.41, 5.74) is 7.69. The van der Waals surface area contributed by atoms with Crippen molar-refractivity contribution >= 4 is 21.7 Å². The fraction of sp³-hybridized carbons (Fsp3) is 0.167. The zero-order valence-electron chi connectivity index (χ0n) is 9.35. The number of hydrogen-bond acceptors (Lipinski definition) is 4. The van der Waals surface area contributed by atoms with Crippen LogP contribution in [0.3, 0.4) is 0 Å². The fourth-order valence-electron chi connectivity index (χ4n) is 1.48. The molecule has 4 nitrogen and oxygen atoms in total. The van der Waals surface area contributed by atoms with E-state index in [1.165, 1.54) is 0 Å². The highest BCUT2D eigenvalue weighted by molar-refractivity contribution is 9.10. The van der Waals surface area contributed by atoms with Gasteiger partial charge in [-0.2, -0.15) is 0 Å². The minimum absolute atomic E-state index is 0.454. The molecule has 2 N–H and O–H groups in total. The number of nitrogen functional groups attached to an aromatic ring is 1. The Morgan fingerprint density at radius 1 is 1.29 bits per heavy atom. The molecule has 88 valence electrons. The molecular formula is C12H12BrN3O. The molecular weight excluding hydrogens is 282 g/mol. The third-order valence-corrected chi connectivity index (χ3v) is 2.76. The molecule has 17 heavy (non-hydrogen) atoms. The normalized spacial score (nSPS) is 10.2. The molecule has 0 aliphatic carbocycles. The van der Waals surface area contributed by atoms with Crippen molar-refractivity contribution in [3.63, 3.8) is 0 Å². The van der Waals surface area contributed by atoms with Crippen LogP contribution in [0.4, 0.5) is 5.82 Å². The number of anilines is 1. The Balaban J connectivity index is 2.19. The van der Waals surface area contributed by atoms with E-state index in [9.17, 15) is 0 Å². The van der Waals surface area contributed by atoms with Crippen LogP contribution in [0, 0.1) is 0 Å². The van der Waals surface area contributed by atoms with E-state index in [4.69, 9.17) is 10.5 Å². The number of halogens is 1. The van der Waals surface area contributed by atoms with Crippen LogP contribution >= 0.6 is 15.9 Å². The summed E-state index contributed by atoms with van der Waals surface area (Å²) in [6.45, 7) is 0.